The Kier molecular flexibility index (Phi) is 2.83. The molecule has 0 unspecified atom stereocenters. The molecule has 0 saturated heterocycles. The van der Waals surface area contributed by atoms with E-state index in [4.69, 9.17) is 11.6 Å². The van der Waals surface area contributed by atoms with Crippen molar-refractivity contribution in [3.8, 4) is 0 Å². The Morgan fingerprint density at radius 2 is 2.33 bits per heavy atom. The van der Waals surface area contributed by atoms with E-state index in [2.05, 4.69) is 10.1 Å². The third-order valence-electron chi connectivity index (χ3n) is 2.04. The van der Waals surface area contributed by atoms with Gasteiger partial charge in [-0.25, -0.2) is 9.67 Å². The number of hydrogen-bond donors (Lipinski definition) is 0. The van der Waals surface area contributed by atoms with Gasteiger partial charge in [-0.05, 0) is 30.2 Å². The SMILES string of the molecule is C/C(=C/n1cncn1)c1cccc(Cl)c1. The second-order valence-corrected chi connectivity index (χ2v) is 3.63. The smallest absolute Gasteiger partial charge is 0.138 e. The summed E-state index contributed by atoms with van der Waals surface area (Å²) in [6.45, 7) is 2.01. The topological polar surface area (TPSA) is 30.7 Å². The van der Waals surface area contributed by atoms with Gasteiger partial charge in [0.25, 0.3) is 0 Å². The van der Waals surface area contributed by atoms with Gasteiger partial charge in [0.1, 0.15) is 12.7 Å². The lowest BCUT2D eigenvalue weighted by atomic mass is 10.1. The van der Waals surface area contributed by atoms with Crippen LogP contribution in [0.4, 0.5) is 0 Å². The number of allylic oxidation sites excluding steroid dienone is 1. The molecule has 0 saturated carbocycles. The maximum atomic E-state index is 5.91. The number of halogens is 1. The van der Waals surface area contributed by atoms with Crippen LogP contribution >= 0.6 is 11.6 Å². The highest BCUT2D eigenvalue weighted by Gasteiger charge is 1.97. The van der Waals surface area contributed by atoms with Crippen LogP contribution in [0, 0.1) is 0 Å². The molecule has 0 atom stereocenters. The summed E-state index contributed by atoms with van der Waals surface area (Å²) in [5, 5.41) is 4.74. The Balaban J connectivity index is 2.32. The molecule has 1 heterocycles. The van der Waals surface area contributed by atoms with E-state index in [0.29, 0.717) is 0 Å². The molecule has 0 fully saturated rings. The fraction of sp³-hybridized carbons (Fsp3) is 0.0909. The third kappa shape index (κ3) is 2.44. The lowest BCUT2D eigenvalue weighted by Gasteiger charge is -2.01. The quantitative estimate of drug-likeness (QED) is 0.778. The highest BCUT2D eigenvalue weighted by Crippen LogP contribution is 2.18. The summed E-state index contributed by atoms with van der Waals surface area (Å²) >= 11 is 5.91. The molecule has 0 N–H and O–H groups in total. The highest BCUT2D eigenvalue weighted by molar-refractivity contribution is 6.30. The first-order valence-corrected chi connectivity index (χ1v) is 4.92. The van der Waals surface area contributed by atoms with E-state index < -0.39 is 0 Å². The summed E-state index contributed by atoms with van der Waals surface area (Å²) in [5.41, 5.74) is 2.17. The molecule has 2 aromatic rings. The number of rotatable bonds is 2. The average molecular weight is 220 g/mol. The Hall–Kier alpha value is -1.61. The molecule has 1 aromatic heterocycles. The summed E-state index contributed by atoms with van der Waals surface area (Å²) < 4.78 is 1.66. The summed E-state index contributed by atoms with van der Waals surface area (Å²) in [7, 11) is 0. The van der Waals surface area contributed by atoms with Crippen molar-refractivity contribution in [1.82, 2.24) is 14.8 Å². The maximum Gasteiger partial charge on any atom is 0.138 e. The van der Waals surface area contributed by atoms with E-state index in [1.54, 1.807) is 11.0 Å². The second kappa shape index (κ2) is 4.28. The zero-order valence-corrected chi connectivity index (χ0v) is 9.02. The van der Waals surface area contributed by atoms with Crippen molar-refractivity contribution < 1.29 is 0 Å². The summed E-state index contributed by atoms with van der Waals surface area (Å²) in [6.07, 6.45) is 5.05. The van der Waals surface area contributed by atoms with Crippen molar-refractivity contribution >= 4 is 23.4 Å². The van der Waals surface area contributed by atoms with E-state index >= 15 is 0 Å². The van der Waals surface area contributed by atoms with Crippen LogP contribution in [0.2, 0.25) is 5.02 Å². The average Bonchev–Trinajstić information content (AvgIpc) is 2.70. The van der Waals surface area contributed by atoms with Gasteiger partial charge in [0.15, 0.2) is 0 Å². The molecule has 0 amide bonds. The van der Waals surface area contributed by atoms with Crippen LogP contribution in [0.15, 0.2) is 36.9 Å². The van der Waals surface area contributed by atoms with Crippen molar-refractivity contribution in [1.29, 1.82) is 0 Å². The lowest BCUT2D eigenvalue weighted by molar-refractivity contribution is 0.934. The first-order chi connectivity index (χ1) is 7.25. The third-order valence-corrected chi connectivity index (χ3v) is 2.28. The van der Waals surface area contributed by atoms with Crippen molar-refractivity contribution in [3.05, 3.63) is 47.5 Å². The van der Waals surface area contributed by atoms with Gasteiger partial charge in [-0.15, -0.1) is 0 Å². The minimum atomic E-state index is 0.735. The van der Waals surface area contributed by atoms with Crippen LogP contribution < -0.4 is 0 Å². The van der Waals surface area contributed by atoms with Crippen LogP contribution in [0.25, 0.3) is 11.8 Å². The molecule has 0 aliphatic heterocycles. The molecule has 15 heavy (non-hydrogen) atoms. The predicted octanol–water partition coefficient (Wildman–Crippen LogP) is 2.95. The van der Waals surface area contributed by atoms with E-state index in [1.807, 2.05) is 37.4 Å². The van der Waals surface area contributed by atoms with Crippen molar-refractivity contribution in [2.75, 3.05) is 0 Å². The van der Waals surface area contributed by atoms with Gasteiger partial charge < -0.3 is 0 Å². The molecular formula is C11H10ClN3. The molecule has 1 aromatic carbocycles. The fourth-order valence-electron chi connectivity index (χ4n) is 1.29. The molecule has 2 rings (SSSR count). The summed E-state index contributed by atoms with van der Waals surface area (Å²) in [6, 6.07) is 7.71. The Bertz CT molecular complexity index is 474. The van der Waals surface area contributed by atoms with Gasteiger partial charge >= 0.3 is 0 Å². The molecule has 0 aliphatic carbocycles. The minimum absolute atomic E-state index is 0.735. The van der Waals surface area contributed by atoms with Gasteiger partial charge in [-0.3, -0.25) is 0 Å². The minimum Gasteiger partial charge on any atom is -0.228 e. The fourth-order valence-corrected chi connectivity index (χ4v) is 1.48. The van der Waals surface area contributed by atoms with Crippen molar-refractivity contribution in [3.63, 3.8) is 0 Å². The Morgan fingerprint density at radius 3 is 3.00 bits per heavy atom. The van der Waals surface area contributed by atoms with E-state index in [0.717, 1.165) is 16.2 Å². The molecule has 0 radical (unpaired) electrons. The van der Waals surface area contributed by atoms with E-state index in [1.165, 1.54) is 6.33 Å². The van der Waals surface area contributed by atoms with Crippen molar-refractivity contribution in [2.45, 2.75) is 6.92 Å². The highest BCUT2D eigenvalue weighted by atomic mass is 35.5. The number of hydrogen-bond acceptors (Lipinski definition) is 2. The van der Waals surface area contributed by atoms with Crippen LogP contribution in [0.3, 0.4) is 0 Å². The number of aromatic nitrogens is 3. The molecule has 76 valence electrons. The molecule has 3 nitrogen and oxygen atoms in total. The summed E-state index contributed by atoms with van der Waals surface area (Å²) in [5.74, 6) is 0. The van der Waals surface area contributed by atoms with Gasteiger partial charge in [0, 0.05) is 11.2 Å². The van der Waals surface area contributed by atoms with E-state index in [9.17, 15) is 0 Å². The molecule has 0 bridgehead atoms. The lowest BCUT2D eigenvalue weighted by Crippen LogP contribution is -1.88. The largest absolute Gasteiger partial charge is 0.228 e. The monoisotopic (exact) mass is 219 g/mol. The zero-order chi connectivity index (χ0) is 10.7. The first-order valence-electron chi connectivity index (χ1n) is 4.54. The molecular weight excluding hydrogens is 210 g/mol. The standard InChI is InChI=1S/C11H10ClN3/c1-9(6-15-8-13-7-14-15)10-3-2-4-11(12)5-10/h2-8H,1H3/b9-6-. The van der Waals surface area contributed by atoms with Crippen LogP contribution in [-0.2, 0) is 0 Å². The van der Waals surface area contributed by atoms with Crippen LogP contribution in [0.5, 0.6) is 0 Å². The number of benzene rings is 1. The first kappa shape index (κ1) is 9.93. The Morgan fingerprint density at radius 1 is 1.47 bits per heavy atom. The number of nitrogens with zero attached hydrogens (tertiary/aromatic N) is 3. The van der Waals surface area contributed by atoms with Gasteiger partial charge in [0.05, 0.1) is 0 Å². The predicted molar refractivity (Wildman–Crippen MR) is 61.3 cm³/mol. The van der Waals surface area contributed by atoms with Crippen molar-refractivity contribution in [2.24, 2.45) is 0 Å². The molecule has 0 spiro atoms. The van der Waals surface area contributed by atoms with Gasteiger partial charge in [-0.1, -0.05) is 23.7 Å². The second-order valence-electron chi connectivity index (χ2n) is 3.20. The zero-order valence-electron chi connectivity index (χ0n) is 8.26. The maximum absolute atomic E-state index is 5.91. The Labute approximate surface area is 93.0 Å². The van der Waals surface area contributed by atoms with Crippen LogP contribution in [0.1, 0.15) is 12.5 Å². The molecule has 4 heteroatoms. The van der Waals surface area contributed by atoms with Crippen LogP contribution in [-0.4, -0.2) is 14.8 Å². The summed E-state index contributed by atoms with van der Waals surface area (Å²) in [4.78, 5) is 3.87. The molecule has 0 aliphatic rings. The normalized spacial score (nSPS) is 11.7. The van der Waals surface area contributed by atoms with Gasteiger partial charge in [-0.2, -0.15) is 5.10 Å². The van der Waals surface area contributed by atoms with Gasteiger partial charge in [0.2, 0.25) is 0 Å². The van der Waals surface area contributed by atoms with E-state index in [-0.39, 0.29) is 0 Å².